The first-order valence-corrected chi connectivity index (χ1v) is 11.5. The lowest BCUT2D eigenvalue weighted by Crippen LogP contribution is -2.49. The molecule has 1 aromatic rings. The average molecular weight is 425 g/mol. The highest BCUT2D eigenvalue weighted by molar-refractivity contribution is 7.95. The first kappa shape index (κ1) is 24.0. The molecule has 2 rings (SSSR count). The van der Waals surface area contributed by atoms with E-state index in [1.54, 1.807) is 12.1 Å². The third kappa shape index (κ3) is 8.64. The van der Waals surface area contributed by atoms with Gasteiger partial charge in [-0.3, -0.25) is 0 Å². The van der Waals surface area contributed by atoms with Gasteiger partial charge in [-0.2, -0.15) is 4.31 Å². The van der Waals surface area contributed by atoms with Crippen molar-refractivity contribution in [1.29, 1.82) is 0 Å². The van der Waals surface area contributed by atoms with Crippen LogP contribution in [0.3, 0.4) is 0 Å². The minimum atomic E-state index is -4.27. The van der Waals surface area contributed by atoms with Gasteiger partial charge in [-0.15, -0.1) is 0 Å². The predicted octanol–water partition coefficient (Wildman–Crippen LogP) is -0.690. The van der Waals surface area contributed by atoms with E-state index < -0.39 is 20.1 Å². The number of nitrogens with zero attached hydrogens (tertiary/aromatic N) is 2. The Morgan fingerprint density at radius 3 is 1.96 bits per heavy atom. The average Bonchev–Trinajstić information content (AvgIpc) is 3.15. The molecule has 1 unspecified atom stereocenters. The number of aliphatic hydroxyl groups excluding tert-OH is 2. The van der Waals surface area contributed by atoms with Crippen LogP contribution in [0.2, 0.25) is 0 Å². The lowest BCUT2D eigenvalue weighted by molar-refractivity contribution is -0.910. The monoisotopic (exact) mass is 424 g/mol. The number of hydrogen-bond donors (Lipinski definition) is 2. The molecule has 0 spiro atoms. The SMILES string of the molecule is C[N+](CCO)(CCO)CCCN1CS1(=O)=O.Cc1ccc(S(=O)(=O)[O-])cc1. The standard InChI is InChI=1S/C9H21N2O4S.C7H8O3S/c1-11(5-7-12,6-8-13)4-2-3-10-9-16(10,14)15;1-6-2-4-7(5-3-6)11(8,9)10/h12-13H,2-9H2,1H3;2-5H,1H3,(H,8,9,10)/q+1;/p-1. The lowest BCUT2D eigenvalue weighted by Gasteiger charge is -2.33. The molecule has 9 nitrogen and oxygen atoms in total. The Bertz CT molecular complexity index is 787. The van der Waals surface area contributed by atoms with E-state index in [9.17, 15) is 21.4 Å². The molecule has 0 bridgehead atoms. The minimum absolute atomic E-state index is 0.0819. The van der Waals surface area contributed by atoms with Crippen molar-refractivity contribution in [3.63, 3.8) is 0 Å². The highest BCUT2D eigenvalue weighted by Crippen LogP contribution is 2.19. The van der Waals surface area contributed by atoms with Crippen LogP contribution < -0.4 is 0 Å². The van der Waals surface area contributed by atoms with Crippen LogP contribution in [0.5, 0.6) is 0 Å². The van der Waals surface area contributed by atoms with Crippen molar-refractivity contribution in [2.24, 2.45) is 0 Å². The Morgan fingerprint density at radius 1 is 1.11 bits per heavy atom. The maximum absolute atomic E-state index is 10.9. The molecular weight excluding hydrogens is 396 g/mol. The number of rotatable bonds is 9. The smallest absolute Gasteiger partial charge is 0.229 e. The fourth-order valence-corrected chi connectivity index (χ4v) is 4.09. The summed E-state index contributed by atoms with van der Waals surface area (Å²) in [6, 6.07) is 5.78. The van der Waals surface area contributed by atoms with Gasteiger partial charge < -0.3 is 19.2 Å². The molecule has 11 heteroatoms. The summed E-state index contributed by atoms with van der Waals surface area (Å²) < 4.78 is 55.0. The largest absolute Gasteiger partial charge is 0.744 e. The molecular formula is C16H28N2O7S2. The molecule has 1 aliphatic heterocycles. The molecule has 1 aliphatic rings. The Balaban J connectivity index is 0.000000289. The van der Waals surface area contributed by atoms with Crippen molar-refractivity contribution in [3.05, 3.63) is 29.8 Å². The normalized spacial score (nSPS) is 18.5. The number of benzene rings is 1. The van der Waals surface area contributed by atoms with Crippen molar-refractivity contribution in [3.8, 4) is 0 Å². The first-order valence-electron chi connectivity index (χ1n) is 8.49. The van der Waals surface area contributed by atoms with E-state index in [-0.39, 0.29) is 24.0 Å². The van der Waals surface area contributed by atoms with Gasteiger partial charge in [0, 0.05) is 13.0 Å². The van der Waals surface area contributed by atoms with Gasteiger partial charge in [-0.25, -0.2) is 16.8 Å². The van der Waals surface area contributed by atoms with Gasteiger partial charge in [0.05, 0.1) is 31.7 Å². The molecule has 1 aromatic carbocycles. The van der Waals surface area contributed by atoms with E-state index in [4.69, 9.17) is 10.2 Å². The van der Waals surface area contributed by atoms with Gasteiger partial charge in [0.2, 0.25) is 10.0 Å². The van der Waals surface area contributed by atoms with Crippen molar-refractivity contribution in [1.82, 2.24) is 4.31 Å². The van der Waals surface area contributed by atoms with Crippen LogP contribution >= 0.6 is 0 Å². The molecule has 27 heavy (non-hydrogen) atoms. The molecule has 1 heterocycles. The summed E-state index contributed by atoms with van der Waals surface area (Å²) in [4.78, 5) is -0.178. The molecule has 0 radical (unpaired) electrons. The number of quaternary nitrogens is 1. The Kier molecular flexibility index (Phi) is 8.80. The summed E-state index contributed by atoms with van der Waals surface area (Å²) in [5.74, 6) is 0.177. The first-order chi connectivity index (χ1) is 12.4. The Morgan fingerprint density at radius 2 is 1.59 bits per heavy atom. The second-order valence-electron chi connectivity index (χ2n) is 6.77. The summed E-state index contributed by atoms with van der Waals surface area (Å²) in [6.45, 7) is 4.49. The summed E-state index contributed by atoms with van der Waals surface area (Å²) in [5, 5.41) is 17.9. The number of sulfonamides is 1. The molecule has 156 valence electrons. The second kappa shape index (κ2) is 9.92. The van der Waals surface area contributed by atoms with Gasteiger partial charge in [-0.05, 0) is 19.1 Å². The van der Waals surface area contributed by atoms with E-state index in [1.807, 2.05) is 14.0 Å². The van der Waals surface area contributed by atoms with Crippen LogP contribution in [0.4, 0.5) is 0 Å². The van der Waals surface area contributed by atoms with Crippen molar-refractivity contribution in [2.75, 3.05) is 52.3 Å². The van der Waals surface area contributed by atoms with E-state index in [0.29, 0.717) is 24.1 Å². The molecule has 0 aliphatic carbocycles. The lowest BCUT2D eigenvalue weighted by atomic mass is 10.2. The summed E-state index contributed by atoms with van der Waals surface area (Å²) in [6.07, 6.45) is 0.760. The van der Waals surface area contributed by atoms with Gasteiger partial charge in [-0.1, -0.05) is 17.7 Å². The molecule has 1 atom stereocenters. The Hall–Kier alpha value is -1.08. The van der Waals surface area contributed by atoms with Crippen molar-refractivity contribution >= 4 is 20.1 Å². The third-order valence-corrected chi connectivity index (χ3v) is 6.61. The molecule has 0 saturated carbocycles. The topological polar surface area (TPSA) is 135 Å². The van der Waals surface area contributed by atoms with E-state index in [1.165, 1.54) is 16.4 Å². The highest BCUT2D eigenvalue weighted by Gasteiger charge is 2.39. The van der Waals surface area contributed by atoms with E-state index >= 15 is 0 Å². The molecule has 0 amide bonds. The van der Waals surface area contributed by atoms with Crippen molar-refractivity contribution in [2.45, 2.75) is 18.2 Å². The third-order valence-electron chi connectivity index (χ3n) is 4.32. The van der Waals surface area contributed by atoms with Crippen LogP contribution in [0.15, 0.2) is 29.2 Å². The van der Waals surface area contributed by atoms with E-state index in [0.717, 1.165) is 18.5 Å². The number of aliphatic hydroxyl groups is 2. The van der Waals surface area contributed by atoms with Crippen LogP contribution in [0.1, 0.15) is 12.0 Å². The van der Waals surface area contributed by atoms with Crippen LogP contribution in [0, 0.1) is 6.92 Å². The fraction of sp³-hybridized carbons (Fsp3) is 0.625. The predicted molar refractivity (Wildman–Crippen MR) is 99.2 cm³/mol. The zero-order valence-electron chi connectivity index (χ0n) is 15.6. The van der Waals surface area contributed by atoms with Gasteiger partial charge in [0.15, 0.2) is 0 Å². The maximum atomic E-state index is 10.9. The zero-order chi connectivity index (χ0) is 20.7. The summed E-state index contributed by atoms with van der Waals surface area (Å²) in [5.41, 5.74) is 0.928. The highest BCUT2D eigenvalue weighted by atomic mass is 32.2. The maximum Gasteiger partial charge on any atom is 0.229 e. The number of aryl methyl sites for hydroxylation is 1. The zero-order valence-corrected chi connectivity index (χ0v) is 17.2. The van der Waals surface area contributed by atoms with Crippen LogP contribution in [0.25, 0.3) is 0 Å². The second-order valence-corrected chi connectivity index (χ2v) is 10.1. The fourth-order valence-electron chi connectivity index (χ4n) is 2.51. The number of hydrogen-bond acceptors (Lipinski definition) is 7. The van der Waals surface area contributed by atoms with Gasteiger partial charge in [0.25, 0.3) is 0 Å². The molecule has 2 N–H and O–H groups in total. The Labute approximate surface area is 161 Å². The van der Waals surface area contributed by atoms with Crippen LogP contribution in [-0.4, -0.2) is 92.7 Å². The van der Waals surface area contributed by atoms with Crippen LogP contribution in [-0.2, 0) is 20.1 Å². The minimum Gasteiger partial charge on any atom is -0.744 e. The molecule has 1 fully saturated rings. The summed E-state index contributed by atoms with van der Waals surface area (Å²) >= 11 is 0. The quantitative estimate of drug-likeness (QED) is 0.304. The number of likely N-dealkylation sites (N-methyl/N-ethyl adjacent to an activating group) is 1. The molecule has 1 saturated heterocycles. The summed E-state index contributed by atoms with van der Waals surface area (Å²) in [7, 11) is -5.18. The van der Waals surface area contributed by atoms with Crippen molar-refractivity contribution < 1.29 is 36.1 Å². The van der Waals surface area contributed by atoms with Gasteiger partial charge >= 0.3 is 0 Å². The molecule has 0 aromatic heterocycles. The van der Waals surface area contributed by atoms with E-state index in [2.05, 4.69) is 0 Å². The van der Waals surface area contributed by atoms with Gasteiger partial charge in [0.1, 0.15) is 29.1 Å².